The van der Waals surface area contributed by atoms with Crippen LogP contribution in [-0.4, -0.2) is 19.1 Å². The lowest BCUT2D eigenvalue weighted by atomic mass is 10.1. The van der Waals surface area contributed by atoms with E-state index in [0.29, 0.717) is 24.8 Å². The zero-order valence-electron chi connectivity index (χ0n) is 11.4. The van der Waals surface area contributed by atoms with Crippen molar-refractivity contribution in [2.75, 3.05) is 24.3 Å². The summed E-state index contributed by atoms with van der Waals surface area (Å²) in [7, 11) is 0. The number of nitrogens with one attached hydrogen (secondary N) is 1. The maximum absolute atomic E-state index is 13.4. The van der Waals surface area contributed by atoms with Crippen LogP contribution in [0.15, 0.2) is 18.2 Å². The van der Waals surface area contributed by atoms with Gasteiger partial charge in [-0.25, -0.2) is 4.39 Å². The minimum absolute atomic E-state index is 0.104. The Morgan fingerprint density at radius 2 is 2.16 bits per heavy atom. The minimum Gasteiger partial charge on any atom is -0.399 e. The van der Waals surface area contributed by atoms with Gasteiger partial charge in [0, 0.05) is 12.3 Å². The number of carbonyl (C=O) groups excluding carboxylic acids is 1. The topological polar surface area (TPSA) is 64.3 Å². The van der Waals surface area contributed by atoms with Crippen molar-refractivity contribution in [3.63, 3.8) is 0 Å². The quantitative estimate of drug-likeness (QED) is 0.590. The number of anilines is 2. The normalized spacial score (nSPS) is 10.7. The van der Waals surface area contributed by atoms with E-state index < -0.39 is 5.82 Å². The number of hydrogen-bond donors (Lipinski definition) is 2. The van der Waals surface area contributed by atoms with Gasteiger partial charge in [0.1, 0.15) is 5.82 Å². The van der Waals surface area contributed by atoms with Crippen LogP contribution < -0.4 is 11.1 Å². The van der Waals surface area contributed by atoms with E-state index in [1.165, 1.54) is 18.2 Å². The third-order valence-electron chi connectivity index (χ3n) is 2.58. The monoisotopic (exact) mass is 268 g/mol. The Hall–Kier alpha value is -1.62. The highest BCUT2D eigenvalue weighted by Gasteiger charge is 2.07. The van der Waals surface area contributed by atoms with Gasteiger partial charge in [-0.05, 0) is 30.5 Å². The van der Waals surface area contributed by atoms with E-state index in [2.05, 4.69) is 19.2 Å². The molecule has 0 saturated heterocycles. The van der Waals surface area contributed by atoms with Crippen LogP contribution in [0.2, 0.25) is 0 Å². The molecule has 0 atom stereocenters. The first kappa shape index (κ1) is 15.4. The summed E-state index contributed by atoms with van der Waals surface area (Å²) >= 11 is 0. The second-order valence-corrected chi connectivity index (χ2v) is 4.83. The molecule has 1 aromatic rings. The molecular weight excluding hydrogens is 247 g/mol. The van der Waals surface area contributed by atoms with Crippen LogP contribution in [-0.2, 0) is 9.53 Å². The maximum atomic E-state index is 13.4. The van der Waals surface area contributed by atoms with Gasteiger partial charge in [-0.3, -0.25) is 4.79 Å². The van der Waals surface area contributed by atoms with Gasteiger partial charge in [-0.15, -0.1) is 0 Å². The van der Waals surface area contributed by atoms with E-state index in [1.54, 1.807) is 0 Å². The number of carbonyl (C=O) groups is 1. The molecule has 1 aromatic carbocycles. The predicted octanol–water partition coefficient (Wildman–Crippen LogP) is 2.80. The molecule has 1 rings (SSSR count). The number of nitrogens with two attached hydrogens (primary N) is 1. The zero-order chi connectivity index (χ0) is 14.3. The van der Waals surface area contributed by atoms with Gasteiger partial charge in [0.05, 0.1) is 18.7 Å². The molecule has 0 radical (unpaired) electrons. The van der Waals surface area contributed by atoms with Crippen LogP contribution in [0, 0.1) is 11.7 Å². The summed E-state index contributed by atoms with van der Waals surface area (Å²) < 4.78 is 18.7. The highest BCUT2D eigenvalue weighted by Crippen LogP contribution is 2.17. The molecule has 0 fully saturated rings. The average Bonchev–Trinajstić information content (AvgIpc) is 2.33. The summed E-state index contributed by atoms with van der Waals surface area (Å²) in [5.41, 5.74) is 6.04. The van der Waals surface area contributed by atoms with Crippen LogP contribution in [0.3, 0.4) is 0 Å². The van der Waals surface area contributed by atoms with Crippen molar-refractivity contribution in [2.24, 2.45) is 5.92 Å². The largest absolute Gasteiger partial charge is 0.399 e. The number of rotatable bonds is 7. The summed E-state index contributed by atoms with van der Waals surface area (Å²) in [4.78, 5) is 11.6. The van der Waals surface area contributed by atoms with E-state index in [-0.39, 0.29) is 18.0 Å². The van der Waals surface area contributed by atoms with Crippen molar-refractivity contribution >= 4 is 17.3 Å². The smallest absolute Gasteiger partial charge is 0.226 e. The molecule has 3 N–H and O–H groups in total. The first-order valence-corrected chi connectivity index (χ1v) is 6.41. The predicted molar refractivity (Wildman–Crippen MR) is 74.3 cm³/mol. The molecule has 0 heterocycles. The van der Waals surface area contributed by atoms with Crippen molar-refractivity contribution < 1.29 is 13.9 Å². The first-order chi connectivity index (χ1) is 8.99. The number of hydrogen-bond acceptors (Lipinski definition) is 3. The van der Waals surface area contributed by atoms with Crippen LogP contribution in [0.5, 0.6) is 0 Å². The molecule has 0 bridgehead atoms. The van der Waals surface area contributed by atoms with Crippen molar-refractivity contribution in [1.29, 1.82) is 0 Å². The lowest BCUT2D eigenvalue weighted by molar-refractivity contribution is -0.117. The zero-order valence-corrected chi connectivity index (χ0v) is 11.4. The summed E-state index contributed by atoms with van der Waals surface area (Å²) in [6, 6.07) is 4.07. The molecular formula is C14H21FN2O2. The van der Waals surface area contributed by atoms with Gasteiger partial charge in [-0.1, -0.05) is 13.8 Å². The summed E-state index contributed by atoms with van der Waals surface area (Å²) in [5.74, 6) is -0.201. The Balaban J connectivity index is 2.29. The Bertz CT molecular complexity index is 422. The van der Waals surface area contributed by atoms with E-state index >= 15 is 0 Å². The SMILES string of the molecule is CC(C)CCOCCC(=O)Nc1cc(N)ccc1F. The molecule has 4 nitrogen and oxygen atoms in total. The summed E-state index contributed by atoms with van der Waals surface area (Å²) in [5, 5.41) is 2.48. The van der Waals surface area contributed by atoms with Gasteiger partial charge < -0.3 is 15.8 Å². The van der Waals surface area contributed by atoms with Gasteiger partial charge in [0.25, 0.3) is 0 Å². The fourth-order valence-corrected chi connectivity index (χ4v) is 1.44. The van der Waals surface area contributed by atoms with E-state index in [1.807, 2.05) is 0 Å². The fourth-order valence-electron chi connectivity index (χ4n) is 1.44. The van der Waals surface area contributed by atoms with Crippen molar-refractivity contribution in [3.8, 4) is 0 Å². The van der Waals surface area contributed by atoms with Crippen LogP contribution in [0.25, 0.3) is 0 Å². The van der Waals surface area contributed by atoms with Gasteiger partial charge in [-0.2, -0.15) is 0 Å². The molecule has 19 heavy (non-hydrogen) atoms. The van der Waals surface area contributed by atoms with Gasteiger partial charge >= 0.3 is 0 Å². The minimum atomic E-state index is -0.497. The Morgan fingerprint density at radius 1 is 1.42 bits per heavy atom. The molecule has 0 aliphatic carbocycles. The third-order valence-corrected chi connectivity index (χ3v) is 2.58. The molecule has 0 spiro atoms. The second-order valence-electron chi connectivity index (χ2n) is 4.83. The van der Waals surface area contributed by atoms with E-state index in [4.69, 9.17) is 10.5 Å². The molecule has 0 aliphatic heterocycles. The Morgan fingerprint density at radius 3 is 2.84 bits per heavy atom. The third kappa shape index (κ3) is 6.20. The molecule has 106 valence electrons. The van der Waals surface area contributed by atoms with E-state index in [0.717, 1.165) is 6.42 Å². The lowest BCUT2D eigenvalue weighted by Crippen LogP contribution is -2.15. The molecule has 0 aromatic heterocycles. The molecule has 0 aliphatic rings. The van der Waals surface area contributed by atoms with Crippen LogP contribution in [0.1, 0.15) is 26.7 Å². The Kier molecular flexibility index (Phi) is 6.29. The molecule has 1 amide bonds. The number of nitrogen functional groups attached to an aromatic ring is 1. The molecule has 0 saturated carbocycles. The van der Waals surface area contributed by atoms with Gasteiger partial charge in [0.2, 0.25) is 5.91 Å². The standard InChI is InChI=1S/C14H21FN2O2/c1-10(2)5-7-19-8-6-14(18)17-13-9-11(16)3-4-12(13)15/h3-4,9-10H,5-8,16H2,1-2H3,(H,17,18). The van der Waals surface area contributed by atoms with Crippen LogP contribution in [0.4, 0.5) is 15.8 Å². The van der Waals surface area contributed by atoms with Crippen molar-refractivity contribution in [1.82, 2.24) is 0 Å². The van der Waals surface area contributed by atoms with Crippen LogP contribution >= 0.6 is 0 Å². The van der Waals surface area contributed by atoms with Gasteiger partial charge in [0.15, 0.2) is 0 Å². The number of ether oxygens (including phenoxy) is 1. The average molecular weight is 268 g/mol. The molecule has 5 heteroatoms. The Labute approximate surface area is 113 Å². The number of amides is 1. The second kappa shape index (κ2) is 7.74. The van der Waals surface area contributed by atoms with E-state index in [9.17, 15) is 9.18 Å². The highest BCUT2D eigenvalue weighted by molar-refractivity contribution is 5.91. The van der Waals surface area contributed by atoms with Crippen molar-refractivity contribution in [2.45, 2.75) is 26.7 Å². The summed E-state index contributed by atoms with van der Waals surface area (Å²) in [6.45, 7) is 5.19. The lowest BCUT2D eigenvalue weighted by Gasteiger charge is -2.08. The number of halogens is 1. The highest BCUT2D eigenvalue weighted by atomic mass is 19.1. The maximum Gasteiger partial charge on any atom is 0.226 e. The van der Waals surface area contributed by atoms with Crippen molar-refractivity contribution in [3.05, 3.63) is 24.0 Å². The number of benzene rings is 1. The fraction of sp³-hybridized carbons (Fsp3) is 0.500. The first-order valence-electron chi connectivity index (χ1n) is 6.41. The summed E-state index contributed by atoms with van der Waals surface area (Å²) in [6.07, 6.45) is 1.16. The molecule has 0 unspecified atom stereocenters.